The van der Waals surface area contributed by atoms with E-state index in [1.54, 1.807) is 17.0 Å². The van der Waals surface area contributed by atoms with Crippen molar-refractivity contribution >= 4 is 11.6 Å². The molecule has 0 bridgehead atoms. The number of piperazine rings is 1. The predicted molar refractivity (Wildman–Crippen MR) is 62.2 cm³/mol. The summed E-state index contributed by atoms with van der Waals surface area (Å²) in [5.74, 6) is -0.514. The average molecular weight is 238 g/mol. The summed E-state index contributed by atoms with van der Waals surface area (Å²) in [4.78, 5) is 13.5. The fourth-order valence-electron chi connectivity index (χ4n) is 2.05. The van der Waals surface area contributed by atoms with Gasteiger partial charge in [0.1, 0.15) is 11.9 Å². The second kappa shape index (κ2) is 4.71. The Balaban J connectivity index is 2.27. The maximum absolute atomic E-state index is 12.8. The minimum Gasteiger partial charge on any atom is -0.394 e. The first-order chi connectivity index (χ1) is 8.11. The van der Waals surface area contributed by atoms with Crippen molar-refractivity contribution in [2.75, 3.05) is 18.1 Å². The molecule has 5 heteroatoms. The summed E-state index contributed by atoms with van der Waals surface area (Å²) in [6, 6.07) is 5.33. The van der Waals surface area contributed by atoms with E-state index in [2.05, 4.69) is 5.32 Å². The van der Waals surface area contributed by atoms with Gasteiger partial charge in [0.2, 0.25) is 5.91 Å². The van der Waals surface area contributed by atoms with Crippen LogP contribution in [0.1, 0.15) is 6.92 Å². The summed E-state index contributed by atoms with van der Waals surface area (Å²) in [7, 11) is 0. The van der Waals surface area contributed by atoms with E-state index in [1.807, 2.05) is 6.92 Å². The Morgan fingerprint density at radius 2 is 2.12 bits per heavy atom. The Hall–Kier alpha value is -1.62. The lowest BCUT2D eigenvalue weighted by Gasteiger charge is -2.39. The fourth-order valence-corrected chi connectivity index (χ4v) is 2.05. The number of anilines is 1. The Morgan fingerprint density at radius 3 is 2.71 bits per heavy atom. The Labute approximate surface area is 99.0 Å². The molecule has 2 atom stereocenters. The number of hydrogen-bond acceptors (Lipinski definition) is 3. The molecule has 0 saturated carbocycles. The quantitative estimate of drug-likeness (QED) is 0.789. The molecule has 0 aromatic heterocycles. The normalized spacial score (nSPS) is 24.6. The van der Waals surface area contributed by atoms with Crippen LogP contribution in [-0.4, -0.2) is 36.2 Å². The first kappa shape index (κ1) is 11.9. The number of amides is 1. The number of nitrogens with one attached hydrogen (secondary N) is 1. The minimum absolute atomic E-state index is 0.00959. The molecule has 4 nitrogen and oxygen atoms in total. The van der Waals surface area contributed by atoms with Gasteiger partial charge in [0.05, 0.1) is 6.61 Å². The summed E-state index contributed by atoms with van der Waals surface area (Å²) in [6.07, 6.45) is 0. The van der Waals surface area contributed by atoms with Crippen LogP contribution in [0.25, 0.3) is 0 Å². The van der Waals surface area contributed by atoms with Crippen LogP contribution in [0.2, 0.25) is 0 Å². The van der Waals surface area contributed by atoms with E-state index >= 15 is 0 Å². The Kier molecular flexibility index (Phi) is 3.28. The van der Waals surface area contributed by atoms with Gasteiger partial charge in [-0.1, -0.05) is 0 Å². The van der Waals surface area contributed by atoms with Crippen molar-refractivity contribution in [2.24, 2.45) is 0 Å². The lowest BCUT2D eigenvalue weighted by Crippen LogP contribution is -2.60. The highest BCUT2D eigenvalue weighted by Gasteiger charge is 2.32. The van der Waals surface area contributed by atoms with E-state index in [0.29, 0.717) is 6.54 Å². The molecule has 0 spiro atoms. The maximum atomic E-state index is 12.8. The monoisotopic (exact) mass is 238 g/mol. The van der Waals surface area contributed by atoms with Crippen molar-refractivity contribution in [2.45, 2.75) is 19.0 Å². The van der Waals surface area contributed by atoms with Crippen LogP contribution in [-0.2, 0) is 4.79 Å². The molecule has 1 aromatic rings. The van der Waals surface area contributed by atoms with Gasteiger partial charge in [-0.05, 0) is 31.2 Å². The molecule has 1 saturated heterocycles. The van der Waals surface area contributed by atoms with E-state index in [-0.39, 0.29) is 24.4 Å². The summed E-state index contributed by atoms with van der Waals surface area (Å²) in [5, 5.41) is 12.0. The maximum Gasteiger partial charge on any atom is 0.245 e. The third-order valence-electron chi connectivity index (χ3n) is 2.87. The largest absolute Gasteiger partial charge is 0.394 e. The number of rotatable bonds is 2. The van der Waals surface area contributed by atoms with Gasteiger partial charge in [0, 0.05) is 18.3 Å². The van der Waals surface area contributed by atoms with Crippen molar-refractivity contribution in [3.63, 3.8) is 0 Å². The predicted octanol–water partition coefficient (Wildman–Crippen LogP) is 0.511. The van der Waals surface area contributed by atoms with Gasteiger partial charge in [0.25, 0.3) is 0 Å². The molecule has 1 fully saturated rings. The molecule has 2 N–H and O–H groups in total. The summed E-state index contributed by atoms with van der Waals surface area (Å²) in [6.45, 7) is 2.24. The van der Waals surface area contributed by atoms with Gasteiger partial charge >= 0.3 is 0 Å². The molecule has 92 valence electrons. The minimum atomic E-state index is -0.600. The molecule has 1 aliphatic rings. The smallest absolute Gasteiger partial charge is 0.245 e. The zero-order valence-electron chi connectivity index (χ0n) is 9.56. The fraction of sp³-hybridized carbons (Fsp3) is 0.417. The number of hydrogen-bond donors (Lipinski definition) is 2. The van der Waals surface area contributed by atoms with E-state index in [4.69, 9.17) is 0 Å². The van der Waals surface area contributed by atoms with Gasteiger partial charge < -0.3 is 15.3 Å². The molecule has 17 heavy (non-hydrogen) atoms. The third kappa shape index (κ3) is 2.39. The second-order valence-electron chi connectivity index (χ2n) is 4.24. The number of benzene rings is 1. The summed E-state index contributed by atoms with van der Waals surface area (Å²) >= 11 is 0. The molecule has 0 radical (unpaired) electrons. The number of nitrogens with zero attached hydrogens (tertiary/aromatic N) is 1. The van der Waals surface area contributed by atoms with Crippen LogP contribution in [0.5, 0.6) is 0 Å². The number of halogens is 1. The first-order valence-electron chi connectivity index (χ1n) is 5.55. The average Bonchev–Trinajstić information content (AvgIpc) is 2.29. The molecule has 0 aliphatic carbocycles. The standard InChI is InChI=1S/C12H15FN2O2/c1-8-6-15(11(7-16)12(17)14-8)10-4-2-9(13)3-5-10/h2-5,8,11,16H,6-7H2,1H3,(H,14,17). The van der Waals surface area contributed by atoms with E-state index < -0.39 is 6.04 Å². The Morgan fingerprint density at radius 1 is 1.47 bits per heavy atom. The van der Waals surface area contributed by atoms with Crippen LogP contribution in [0.4, 0.5) is 10.1 Å². The summed E-state index contributed by atoms with van der Waals surface area (Å²) in [5.41, 5.74) is 0.743. The lowest BCUT2D eigenvalue weighted by molar-refractivity contribution is -0.125. The van der Waals surface area contributed by atoms with Gasteiger partial charge in [0.15, 0.2) is 0 Å². The molecule has 1 heterocycles. The first-order valence-corrected chi connectivity index (χ1v) is 5.55. The number of aliphatic hydroxyl groups excluding tert-OH is 1. The van der Waals surface area contributed by atoms with Crippen LogP contribution >= 0.6 is 0 Å². The molecule has 1 aromatic carbocycles. The Bertz CT molecular complexity index is 407. The van der Waals surface area contributed by atoms with Crippen molar-refractivity contribution in [1.82, 2.24) is 5.32 Å². The zero-order valence-corrected chi connectivity index (χ0v) is 9.56. The molecule has 2 unspecified atom stereocenters. The van der Waals surface area contributed by atoms with Crippen LogP contribution < -0.4 is 10.2 Å². The van der Waals surface area contributed by atoms with Crippen LogP contribution in [0, 0.1) is 5.82 Å². The zero-order chi connectivity index (χ0) is 12.4. The molecular formula is C12H15FN2O2. The van der Waals surface area contributed by atoms with Crippen molar-refractivity contribution < 1.29 is 14.3 Å². The number of carbonyl (C=O) groups excluding carboxylic acids is 1. The number of aliphatic hydroxyl groups is 1. The lowest BCUT2D eigenvalue weighted by atomic mass is 10.1. The second-order valence-corrected chi connectivity index (χ2v) is 4.24. The van der Waals surface area contributed by atoms with Crippen molar-refractivity contribution in [3.8, 4) is 0 Å². The van der Waals surface area contributed by atoms with Crippen molar-refractivity contribution in [3.05, 3.63) is 30.1 Å². The summed E-state index contributed by atoms with van der Waals surface area (Å²) < 4.78 is 12.8. The highest BCUT2D eigenvalue weighted by Crippen LogP contribution is 2.20. The topological polar surface area (TPSA) is 52.6 Å². The highest BCUT2D eigenvalue weighted by molar-refractivity contribution is 5.87. The third-order valence-corrected chi connectivity index (χ3v) is 2.87. The van der Waals surface area contributed by atoms with E-state index in [1.165, 1.54) is 12.1 Å². The van der Waals surface area contributed by atoms with Gasteiger partial charge in [-0.25, -0.2) is 4.39 Å². The molecule has 1 aliphatic heterocycles. The van der Waals surface area contributed by atoms with Gasteiger partial charge in [-0.3, -0.25) is 4.79 Å². The number of carbonyl (C=O) groups is 1. The van der Waals surface area contributed by atoms with Gasteiger partial charge in [-0.2, -0.15) is 0 Å². The molecule has 1 amide bonds. The van der Waals surface area contributed by atoms with E-state index in [0.717, 1.165) is 5.69 Å². The highest BCUT2D eigenvalue weighted by atomic mass is 19.1. The van der Waals surface area contributed by atoms with Gasteiger partial charge in [-0.15, -0.1) is 0 Å². The van der Waals surface area contributed by atoms with Crippen LogP contribution in [0.15, 0.2) is 24.3 Å². The van der Waals surface area contributed by atoms with Crippen LogP contribution in [0.3, 0.4) is 0 Å². The SMILES string of the molecule is CC1CN(c2ccc(F)cc2)C(CO)C(=O)N1. The van der Waals surface area contributed by atoms with Crippen molar-refractivity contribution in [1.29, 1.82) is 0 Å². The molecular weight excluding hydrogens is 223 g/mol. The van der Waals surface area contributed by atoms with E-state index in [9.17, 15) is 14.3 Å². The molecule has 2 rings (SSSR count).